The average Bonchev–Trinajstić information content (AvgIpc) is 3.88. The Morgan fingerprint density at radius 1 is 0.327 bits per heavy atom. The smallest absolute Gasteiger partial charge is 0.101 e. The van der Waals surface area contributed by atoms with Gasteiger partial charge in [-0.15, -0.1) is 0 Å². The molecule has 55 heavy (non-hydrogen) atoms. The van der Waals surface area contributed by atoms with Crippen LogP contribution in [0.25, 0.3) is 93.6 Å². The van der Waals surface area contributed by atoms with Gasteiger partial charge in [0.25, 0.3) is 0 Å². The van der Waals surface area contributed by atoms with Crippen molar-refractivity contribution in [3.05, 3.63) is 187 Å². The highest BCUT2D eigenvalue weighted by molar-refractivity contribution is 6.12. The molecule has 3 aromatic heterocycles. The Morgan fingerprint density at radius 3 is 1.49 bits per heavy atom. The Labute approximate surface area is 316 Å². The first-order valence-corrected chi connectivity index (χ1v) is 18.3. The molecule has 0 radical (unpaired) electrons. The Balaban J connectivity index is 1.08. The minimum atomic E-state index is 0.615. The number of aromatic nitrogens is 3. The van der Waals surface area contributed by atoms with E-state index in [9.17, 15) is 10.5 Å². The molecular weight excluding hydrogens is 671 g/mol. The summed E-state index contributed by atoms with van der Waals surface area (Å²) in [4.78, 5) is 0. The van der Waals surface area contributed by atoms with Crippen molar-refractivity contribution < 1.29 is 0 Å². The SMILES string of the molecule is N#Cc1ccc2c(c1)c1ccccc1n2-c1ccc2c3ccccc3n(-c3cccc(-c4ccc(-n5c6ccccc6c6ccccc65)c(C#N)c4)c3)c2c1. The second-order valence-electron chi connectivity index (χ2n) is 14.0. The van der Waals surface area contributed by atoms with Crippen LogP contribution in [0.5, 0.6) is 0 Å². The van der Waals surface area contributed by atoms with Gasteiger partial charge in [0.05, 0.1) is 56.0 Å². The first-order valence-electron chi connectivity index (χ1n) is 18.3. The van der Waals surface area contributed by atoms with Crippen molar-refractivity contribution in [1.82, 2.24) is 13.7 Å². The van der Waals surface area contributed by atoms with Gasteiger partial charge < -0.3 is 13.7 Å². The van der Waals surface area contributed by atoms with Gasteiger partial charge in [-0.1, -0.05) is 97.1 Å². The summed E-state index contributed by atoms with van der Waals surface area (Å²) in [6.45, 7) is 0. The Kier molecular flexibility index (Phi) is 6.61. The predicted molar refractivity (Wildman–Crippen MR) is 224 cm³/mol. The van der Waals surface area contributed by atoms with Crippen molar-refractivity contribution in [2.45, 2.75) is 0 Å². The zero-order chi connectivity index (χ0) is 36.6. The van der Waals surface area contributed by atoms with Crippen LogP contribution in [0.2, 0.25) is 0 Å². The predicted octanol–water partition coefficient (Wildman–Crippen LogP) is 12.4. The Hall–Kier alpha value is -7.86. The van der Waals surface area contributed by atoms with Gasteiger partial charge in [0.2, 0.25) is 0 Å². The fourth-order valence-corrected chi connectivity index (χ4v) is 8.70. The molecule has 0 atom stereocenters. The summed E-state index contributed by atoms with van der Waals surface area (Å²) >= 11 is 0. The van der Waals surface area contributed by atoms with Crippen LogP contribution in [0.4, 0.5) is 0 Å². The molecule has 3 heterocycles. The molecule has 0 amide bonds. The molecule has 0 aliphatic heterocycles. The minimum absolute atomic E-state index is 0.615. The van der Waals surface area contributed by atoms with E-state index >= 15 is 0 Å². The van der Waals surface area contributed by atoms with E-state index in [0.717, 1.165) is 72.1 Å². The van der Waals surface area contributed by atoms with Crippen LogP contribution in [0.15, 0.2) is 176 Å². The third-order valence-corrected chi connectivity index (χ3v) is 11.1. The van der Waals surface area contributed by atoms with Crippen LogP contribution in [0.3, 0.4) is 0 Å². The summed E-state index contributed by atoms with van der Waals surface area (Å²) in [5.74, 6) is 0. The van der Waals surface area contributed by atoms with Gasteiger partial charge in [-0.2, -0.15) is 10.5 Å². The van der Waals surface area contributed by atoms with Gasteiger partial charge in [0, 0.05) is 43.7 Å². The number of rotatable bonds is 4. The topological polar surface area (TPSA) is 62.4 Å². The summed E-state index contributed by atoms with van der Waals surface area (Å²) in [6.07, 6.45) is 0. The molecule has 0 bridgehead atoms. The van der Waals surface area contributed by atoms with E-state index in [0.29, 0.717) is 11.1 Å². The summed E-state index contributed by atoms with van der Waals surface area (Å²) < 4.78 is 6.85. The van der Waals surface area contributed by atoms with Crippen molar-refractivity contribution in [1.29, 1.82) is 10.5 Å². The Bertz CT molecular complexity index is 3420. The third kappa shape index (κ3) is 4.51. The van der Waals surface area contributed by atoms with E-state index in [-0.39, 0.29) is 0 Å². The Morgan fingerprint density at radius 2 is 0.855 bits per heavy atom. The average molecular weight is 700 g/mol. The summed E-state index contributed by atoms with van der Waals surface area (Å²) in [6, 6.07) is 66.0. The number of hydrogen-bond acceptors (Lipinski definition) is 2. The van der Waals surface area contributed by atoms with Crippen molar-refractivity contribution in [3.8, 4) is 40.3 Å². The highest BCUT2D eigenvalue weighted by Crippen LogP contribution is 2.39. The molecule has 0 aliphatic carbocycles. The highest BCUT2D eigenvalue weighted by Gasteiger charge is 2.19. The molecule has 0 unspecified atom stereocenters. The van der Waals surface area contributed by atoms with Crippen molar-refractivity contribution in [3.63, 3.8) is 0 Å². The lowest BCUT2D eigenvalue weighted by molar-refractivity contribution is 1.15. The number of benzene rings is 8. The quantitative estimate of drug-likeness (QED) is 0.184. The zero-order valence-electron chi connectivity index (χ0n) is 29.5. The fraction of sp³-hybridized carbons (Fsp3) is 0. The summed E-state index contributed by atoms with van der Waals surface area (Å²) in [5, 5.41) is 27.1. The highest BCUT2D eigenvalue weighted by atomic mass is 15.0. The number of nitriles is 2. The van der Waals surface area contributed by atoms with Crippen LogP contribution in [-0.2, 0) is 0 Å². The standard InChI is InChI=1S/C50H29N5/c51-30-32-20-24-49-43(26-32)41-15-4-6-17-46(41)53(49)37-22-23-42-40-14-1-5-16-45(40)54(50(42)29-37)36-11-9-10-33(28-36)34-21-25-44(35(27-34)31-52)55-47-18-7-2-12-38(47)39-13-3-8-19-48(39)55/h1-29H. The molecular formula is C50H29N5. The van der Waals surface area contributed by atoms with Crippen molar-refractivity contribution in [2.75, 3.05) is 0 Å². The van der Waals surface area contributed by atoms with Crippen LogP contribution in [0.1, 0.15) is 11.1 Å². The molecule has 254 valence electrons. The van der Waals surface area contributed by atoms with Crippen LogP contribution >= 0.6 is 0 Å². The normalized spacial score (nSPS) is 11.6. The molecule has 0 spiro atoms. The molecule has 0 aliphatic rings. The lowest BCUT2D eigenvalue weighted by atomic mass is 10.0. The number of fused-ring (bicyclic) bond motifs is 9. The van der Waals surface area contributed by atoms with Crippen LogP contribution in [0, 0.1) is 22.7 Å². The van der Waals surface area contributed by atoms with Crippen molar-refractivity contribution >= 4 is 65.4 Å². The second-order valence-corrected chi connectivity index (χ2v) is 14.0. The lowest BCUT2D eigenvalue weighted by Gasteiger charge is -2.14. The molecule has 0 fully saturated rings. The lowest BCUT2D eigenvalue weighted by Crippen LogP contribution is -1.99. The van der Waals surface area contributed by atoms with Crippen LogP contribution < -0.4 is 0 Å². The van der Waals surface area contributed by atoms with Crippen LogP contribution in [-0.4, -0.2) is 13.7 Å². The maximum atomic E-state index is 10.6. The first-order chi connectivity index (χ1) is 27.2. The maximum absolute atomic E-state index is 10.6. The number of hydrogen-bond donors (Lipinski definition) is 0. The summed E-state index contributed by atoms with van der Waals surface area (Å²) in [7, 11) is 0. The second kappa shape index (κ2) is 11.8. The molecule has 0 N–H and O–H groups in total. The molecule has 11 aromatic rings. The van der Waals surface area contributed by atoms with Gasteiger partial charge in [-0.3, -0.25) is 0 Å². The molecule has 0 saturated carbocycles. The van der Waals surface area contributed by atoms with Gasteiger partial charge in [0.1, 0.15) is 6.07 Å². The monoisotopic (exact) mass is 699 g/mol. The maximum Gasteiger partial charge on any atom is 0.101 e. The van der Waals surface area contributed by atoms with Gasteiger partial charge in [-0.25, -0.2) is 0 Å². The first kappa shape index (κ1) is 30.7. The third-order valence-electron chi connectivity index (χ3n) is 11.1. The van der Waals surface area contributed by atoms with E-state index < -0.39 is 0 Å². The molecule has 0 saturated heterocycles. The fourth-order valence-electron chi connectivity index (χ4n) is 8.70. The van der Waals surface area contributed by atoms with Gasteiger partial charge in [-0.05, 0) is 90.0 Å². The van der Waals surface area contributed by atoms with Gasteiger partial charge >= 0.3 is 0 Å². The number of nitrogens with zero attached hydrogens (tertiary/aromatic N) is 5. The van der Waals surface area contributed by atoms with E-state index in [2.05, 4.69) is 184 Å². The zero-order valence-corrected chi connectivity index (χ0v) is 29.5. The number of para-hydroxylation sites is 4. The molecule has 5 nitrogen and oxygen atoms in total. The van der Waals surface area contributed by atoms with Gasteiger partial charge in [0.15, 0.2) is 0 Å². The molecule has 8 aromatic carbocycles. The van der Waals surface area contributed by atoms with E-state index in [4.69, 9.17) is 0 Å². The summed E-state index contributed by atoms with van der Waals surface area (Å²) in [5.41, 5.74) is 12.7. The largest absolute Gasteiger partial charge is 0.309 e. The van der Waals surface area contributed by atoms with Crippen molar-refractivity contribution in [2.24, 2.45) is 0 Å². The minimum Gasteiger partial charge on any atom is -0.309 e. The molecule has 5 heteroatoms. The molecule has 11 rings (SSSR count). The van der Waals surface area contributed by atoms with E-state index in [1.54, 1.807) is 0 Å². The van der Waals surface area contributed by atoms with E-state index in [1.165, 1.54) is 21.5 Å². The van der Waals surface area contributed by atoms with E-state index in [1.807, 2.05) is 18.2 Å².